The molecule has 0 atom stereocenters. The van der Waals surface area contributed by atoms with E-state index in [1.54, 1.807) is 54.9 Å². The summed E-state index contributed by atoms with van der Waals surface area (Å²) < 4.78 is 11.2. The lowest BCUT2D eigenvalue weighted by Crippen LogP contribution is -2.15. The third-order valence-corrected chi connectivity index (χ3v) is 4.05. The van der Waals surface area contributed by atoms with Crippen molar-refractivity contribution in [1.82, 2.24) is 4.98 Å². The molecule has 0 spiro atoms. The number of ketones is 1. The molecule has 3 aromatic rings. The fourth-order valence-corrected chi connectivity index (χ4v) is 2.58. The quantitative estimate of drug-likeness (QED) is 0.753. The molecule has 1 aliphatic rings. The van der Waals surface area contributed by atoms with Crippen molar-refractivity contribution in [3.63, 3.8) is 0 Å². The molecule has 142 valence electrons. The van der Waals surface area contributed by atoms with Crippen molar-refractivity contribution in [1.29, 1.82) is 0 Å². The highest BCUT2D eigenvalue weighted by Crippen LogP contribution is 2.29. The highest BCUT2D eigenvalue weighted by molar-refractivity contribution is 5.99. The predicted octanol–water partition coefficient (Wildman–Crippen LogP) is 3.41. The van der Waals surface area contributed by atoms with Crippen molar-refractivity contribution >= 4 is 11.7 Å². The Bertz CT molecular complexity index is 943. The van der Waals surface area contributed by atoms with Gasteiger partial charge in [0.05, 0.1) is 12.2 Å². The summed E-state index contributed by atoms with van der Waals surface area (Å²) in [6.07, 6.45) is 3.91. The van der Waals surface area contributed by atoms with E-state index < -0.39 is 0 Å². The van der Waals surface area contributed by atoms with Gasteiger partial charge in [-0.2, -0.15) is 0 Å². The van der Waals surface area contributed by atoms with E-state index in [0.29, 0.717) is 42.3 Å². The van der Waals surface area contributed by atoms with Crippen LogP contribution < -0.4 is 15.2 Å². The van der Waals surface area contributed by atoms with Gasteiger partial charge < -0.3 is 15.2 Å². The third-order valence-electron chi connectivity index (χ3n) is 4.05. The lowest BCUT2D eigenvalue weighted by Gasteiger charge is -2.17. The molecule has 2 heterocycles. The largest absolute Gasteiger partial charge is 0.492 e. The number of primary amides is 1. The minimum Gasteiger partial charge on any atom is -0.492 e. The zero-order valence-electron chi connectivity index (χ0n) is 15.2. The predicted molar refractivity (Wildman–Crippen MR) is 104 cm³/mol. The molecule has 0 aliphatic carbocycles. The van der Waals surface area contributed by atoms with E-state index in [-0.39, 0.29) is 11.7 Å². The average molecular weight is 376 g/mol. The molecular weight excluding hydrogens is 356 g/mol. The van der Waals surface area contributed by atoms with Crippen LogP contribution in [-0.4, -0.2) is 23.3 Å². The van der Waals surface area contributed by atoms with Gasteiger partial charge in [-0.25, -0.2) is 0 Å². The van der Waals surface area contributed by atoms with Crippen LogP contribution in [0.25, 0.3) is 0 Å². The summed E-state index contributed by atoms with van der Waals surface area (Å²) >= 11 is 0. The summed E-state index contributed by atoms with van der Waals surface area (Å²) in [6, 6.07) is 17.9. The number of ether oxygens (including phenoxy) is 2. The van der Waals surface area contributed by atoms with Crippen LogP contribution in [0.15, 0.2) is 73.1 Å². The fourth-order valence-electron chi connectivity index (χ4n) is 2.58. The second-order valence-electron chi connectivity index (χ2n) is 6.05. The first-order chi connectivity index (χ1) is 13.6. The fraction of sp³-hybridized carbons (Fsp3) is 0.136. The van der Waals surface area contributed by atoms with Crippen molar-refractivity contribution in [3.8, 4) is 11.5 Å². The Morgan fingerprint density at radius 3 is 2.50 bits per heavy atom. The molecule has 2 N–H and O–H groups in total. The number of carbonyl (C=O) groups excluding carboxylic acids is 2. The summed E-state index contributed by atoms with van der Waals surface area (Å²) in [6.45, 7) is 0.912. The van der Waals surface area contributed by atoms with Crippen LogP contribution in [0.5, 0.6) is 11.5 Å². The number of aromatic nitrogens is 1. The smallest absolute Gasteiger partial charge is 0.248 e. The maximum atomic E-state index is 11.6. The highest BCUT2D eigenvalue weighted by atomic mass is 16.5. The van der Waals surface area contributed by atoms with Crippen LogP contribution >= 0.6 is 0 Å². The van der Waals surface area contributed by atoms with E-state index >= 15 is 0 Å². The highest BCUT2D eigenvalue weighted by Gasteiger charge is 2.18. The summed E-state index contributed by atoms with van der Waals surface area (Å²) in [4.78, 5) is 26.0. The zero-order valence-corrected chi connectivity index (χ0v) is 15.2. The molecule has 0 unspecified atom stereocenters. The Balaban J connectivity index is 0.000000211. The van der Waals surface area contributed by atoms with Crippen LogP contribution in [0.1, 0.15) is 32.7 Å². The average Bonchev–Trinajstić information content (AvgIpc) is 2.74. The number of Topliss-reactive ketones (excluding diaryl/α,β-unsaturated/α-hetero) is 1. The second kappa shape index (κ2) is 9.32. The van der Waals surface area contributed by atoms with Crippen molar-refractivity contribution in [2.45, 2.75) is 13.0 Å². The Morgan fingerprint density at radius 2 is 1.82 bits per heavy atom. The first-order valence-electron chi connectivity index (χ1n) is 8.80. The van der Waals surface area contributed by atoms with E-state index in [9.17, 15) is 9.59 Å². The van der Waals surface area contributed by atoms with Gasteiger partial charge >= 0.3 is 0 Å². The molecule has 0 radical (unpaired) electrons. The van der Waals surface area contributed by atoms with E-state index in [4.69, 9.17) is 15.2 Å². The maximum Gasteiger partial charge on any atom is 0.248 e. The number of hydrogen-bond acceptors (Lipinski definition) is 5. The van der Waals surface area contributed by atoms with Gasteiger partial charge in [0.2, 0.25) is 5.91 Å². The molecule has 28 heavy (non-hydrogen) atoms. The summed E-state index contributed by atoms with van der Waals surface area (Å²) in [5, 5.41) is 0. The Labute approximate surface area is 162 Å². The molecule has 6 nitrogen and oxygen atoms in total. The topological polar surface area (TPSA) is 91.5 Å². The van der Waals surface area contributed by atoms with Gasteiger partial charge in [-0.3, -0.25) is 14.6 Å². The van der Waals surface area contributed by atoms with Crippen LogP contribution in [-0.2, 0) is 6.61 Å². The van der Waals surface area contributed by atoms with E-state index in [2.05, 4.69) is 4.98 Å². The van der Waals surface area contributed by atoms with Crippen LogP contribution in [0.4, 0.5) is 0 Å². The number of amides is 1. The van der Waals surface area contributed by atoms with E-state index in [0.717, 1.165) is 5.56 Å². The lowest BCUT2D eigenvalue weighted by molar-refractivity contribution is 0.0932. The molecule has 4 rings (SSSR count). The maximum absolute atomic E-state index is 11.6. The monoisotopic (exact) mass is 376 g/mol. The van der Waals surface area contributed by atoms with Gasteiger partial charge in [0.1, 0.15) is 18.1 Å². The number of pyridine rings is 1. The minimum atomic E-state index is -0.379. The third kappa shape index (κ3) is 5.17. The molecule has 1 aromatic heterocycles. The Morgan fingerprint density at radius 1 is 1.07 bits per heavy atom. The molecule has 2 aromatic carbocycles. The van der Waals surface area contributed by atoms with Crippen molar-refractivity contribution in [3.05, 3.63) is 89.7 Å². The molecule has 0 fully saturated rings. The van der Waals surface area contributed by atoms with Crippen molar-refractivity contribution in [2.24, 2.45) is 5.73 Å². The van der Waals surface area contributed by atoms with Gasteiger partial charge in [-0.1, -0.05) is 18.2 Å². The SMILES string of the molecule is NC(=O)c1ccccc1.O=C1CCOc2cc(OCc3ccncc3)ccc21. The Hall–Kier alpha value is -3.67. The molecule has 0 saturated carbocycles. The van der Waals surface area contributed by atoms with Gasteiger partial charge in [-0.05, 0) is 42.0 Å². The lowest BCUT2D eigenvalue weighted by atomic mass is 10.1. The number of fused-ring (bicyclic) bond motifs is 1. The second-order valence-corrected chi connectivity index (χ2v) is 6.05. The van der Waals surface area contributed by atoms with Crippen LogP contribution in [0.3, 0.4) is 0 Å². The van der Waals surface area contributed by atoms with Gasteiger partial charge in [0, 0.05) is 30.4 Å². The minimum absolute atomic E-state index is 0.127. The molecule has 0 bridgehead atoms. The van der Waals surface area contributed by atoms with Gasteiger partial charge in [0.25, 0.3) is 0 Å². The molecule has 6 heteroatoms. The first-order valence-corrected chi connectivity index (χ1v) is 8.80. The summed E-state index contributed by atoms with van der Waals surface area (Å²) in [5.41, 5.74) is 7.22. The number of benzene rings is 2. The molecule has 1 aliphatic heterocycles. The molecular formula is C22H20N2O4. The first kappa shape index (κ1) is 19.1. The summed E-state index contributed by atoms with van der Waals surface area (Å²) in [5.74, 6) is 1.06. The Kier molecular flexibility index (Phi) is 6.36. The zero-order chi connectivity index (χ0) is 19.8. The van der Waals surface area contributed by atoms with Gasteiger partial charge in [0.15, 0.2) is 5.78 Å². The van der Waals surface area contributed by atoms with E-state index in [1.165, 1.54) is 0 Å². The number of hydrogen-bond donors (Lipinski definition) is 1. The number of rotatable bonds is 4. The normalized spacial score (nSPS) is 12.1. The molecule has 1 amide bonds. The van der Waals surface area contributed by atoms with E-state index in [1.807, 2.05) is 18.2 Å². The van der Waals surface area contributed by atoms with Crippen molar-refractivity contribution < 1.29 is 19.1 Å². The van der Waals surface area contributed by atoms with Crippen LogP contribution in [0, 0.1) is 0 Å². The number of carbonyl (C=O) groups is 2. The standard InChI is InChI=1S/C15H13NO3.C7H7NO/c17-14-5-8-18-15-9-12(1-2-13(14)15)19-10-11-3-6-16-7-4-11;8-7(9)6-4-2-1-3-5-6/h1-4,6-7,9H,5,8,10H2;1-5H,(H2,8,9). The number of nitrogens with two attached hydrogens (primary N) is 1. The number of nitrogens with zero attached hydrogens (tertiary/aromatic N) is 1. The summed E-state index contributed by atoms with van der Waals surface area (Å²) in [7, 11) is 0. The molecule has 0 saturated heterocycles. The van der Waals surface area contributed by atoms with Crippen LogP contribution in [0.2, 0.25) is 0 Å². The van der Waals surface area contributed by atoms with Crippen molar-refractivity contribution in [2.75, 3.05) is 6.61 Å². The van der Waals surface area contributed by atoms with Gasteiger partial charge in [-0.15, -0.1) is 0 Å².